The van der Waals surface area contributed by atoms with E-state index in [1.165, 1.54) is 0 Å². The summed E-state index contributed by atoms with van der Waals surface area (Å²) in [5.74, 6) is 0.273. The number of hydrogen-bond acceptors (Lipinski definition) is 5. The van der Waals surface area contributed by atoms with Crippen LogP contribution in [0.5, 0.6) is 0 Å². The fourth-order valence-corrected chi connectivity index (χ4v) is 4.72. The second-order valence-electron chi connectivity index (χ2n) is 8.70. The summed E-state index contributed by atoms with van der Waals surface area (Å²) >= 11 is 6.13. The molecule has 176 valence electrons. The Balaban J connectivity index is 1.48. The molecule has 0 fully saturated rings. The van der Waals surface area contributed by atoms with E-state index >= 15 is 0 Å². The van der Waals surface area contributed by atoms with Crippen LogP contribution in [0.4, 0.5) is 11.5 Å². The summed E-state index contributed by atoms with van der Waals surface area (Å²) in [6, 6.07) is 15.4. The first-order valence-corrected chi connectivity index (χ1v) is 11.6. The molecular formula is C27H25ClN6O. The monoisotopic (exact) mass is 484 g/mol. The Bertz CT molecular complexity index is 1580. The molecule has 3 heterocycles. The van der Waals surface area contributed by atoms with Gasteiger partial charge in [0.15, 0.2) is 0 Å². The van der Waals surface area contributed by atoms with E-state index in [2.05, 4.69) is 21.4 Å². The molecule has 0 aliphatic heterocycles. The van der Waals surface area contributed by atoms with Gasteiger partial charge in [0.1, 0.15) is 5.82 Å². The fraction of sp³-hybridized carbons (Fsp3) is 0.148. The van der Waals surface area contributed by atoms with E-state index in [0.717, 1.165) is 44.2 Å². The van der Waals surface area contributed by atoms with Crippen molar-refractivity contribution in [1.82, 2.24) is 19.9 Å². The first-order chi connectivity index (χ1) is 16.8. The average molecular weight is 485 g/mol. The maximum Gasteiger partial charge on any atom is 0.253 e. The van der Waals surface area contributed by atoms with Crippen molar-refractivity contribution in [2.75, 3.05) is 11.5 Å². The molecule has 0 saturated carbocycles. The van der Waals surface area contributed by atoms with Crippen molar-refractivity contribution in [2.24, 2.45) is 0 Å². The molecule has 2 aromatic carbocycles. The van der Waals surface area contributed by atoms with Crippen LogP contribution < -0.4 is 16.8 Å². The van der Waals surface area contributed by atoms with Gasteiger partial charge in [0.05, 0.1) is 21.6 Å². The SMILES string of the molecule is Cc1cc(N)nc(C)c1CNC(=O)c1cn(Cc2ccc3ncc(Cl)cc3c2)c2cccc(N)c12. The second-order valence-corrected chi connectivity index (χ2v) is 9.14. The Morgan fingerprint density at radius 1 is 1.11 bits per heavy atom. The fourth-order valence-electron chi connectivity index (χ4n) is 4.55. The minimum absolute atomic E-state index is 0.197. The number of carbonyl (C=O) groups excluding carboxylic acids is 1. The van der Waals surface area contributed by atoms with Gasteiger partial charge in [0.25, 0.3) is 5.91 Å². The number of aryl methyl sites for hydroxylation is 2. The Morgan fingerprint density at radius 3 is 2.74 bits per heavy atom. The molecule has 3 aromatic heterocycles. The number of carbonyl (C=O) groups is 1. The summed E-state index contributed by atoms with van der Waals surface area (Å²) in [5.41, 5.74) is 18.8. The van der Waals surface area contributed by atoms with Gasteiger partial charge >= 0.3 is 0 Å². The molecule has 0 spiro atoms. The van der Waals surface area contributed by atoms with Crippen molar-refractivity contribution in [1.29, 1.82) is 0 Å². The highest BCUT2D eigenvalue weighted by Gasteiger charge is 2.18. The summed E-state index contributed by atoms with van der Waals surface area (Å²) in [6.07, 6.45) is 3.50. The third-order valence-corrected chi connectivity index (χ3v) is 6.45. The van der Waals surface area contributed by atoms with Gasteiger partial charge in [-0.2, -0.15) is 0 Å². The lowest BCUT2D eigenvalue weighted by Gasteiger charge is -2.11. The molecule has 0 aliphatic carbocycles. The van der Waals surface area contributed by atoms with Gasteiger partial charge in [-0.15, -0.1) is 0 Å². The molecule has 1 amide bonds. The number of pyridine rings is 2. The molecule has 35 heavy (non-hydrogen) atoms. The van der Waals surface area contributed by atoms with Crippen LogP contribution in [0.1, 0.15) is 32.7 Å². The van der Waals surface area contributed by atoms with Gasteiger partial charge in [0, 0.05) is 47.6 Å². The minimum Gasteiger partial charge on any atom is -0.398 e. The molecule has 0 unspecified atom stereocenters. The number of amides is 1. The predicted molar refractivity (Wildman–Crippen MR) is 141 cm³/mol. The Labute approximate surface area is 207 Å². The van der Waals surface area contributed by atoms with E-state index in [4.69, 9.17) is 23.1 Å². The second kappa shape index (κ2) is 8.92. The number of fused-ring (bicyclic) bond motifs is 2. The smallest absolute Gasteiger partial charge is 0.253 e. The van der Waals surface area contributed by atoms with E-state index in [1.807, 2.05) is 67.1 Å². The van der Waals surface area contributed by atoms with Crippen LogP contribution in [0, 0.1) is 13.8 Å². The summed E-state index contributed by atoms with van der Waals surface area (Å²) in [5, 5.41) is 5.32. The first kappa shape index (κ1) is 22.7. The van der Waals surface area contributed by atoms with Crippen LogP contribution >= 0.6 is 11.6 Å². The van der Waals surface area contributed by atoms with Crippen LogP contribution in [0.15, 0.2) is 60.9 Å². The molecule has 0 atom stereocenters. The third-order valence-electron chi connectivity index (χ3n) is 6.25. The molecule has 5 rings (SSSR count). The lowest BCUT2D eigenvalue weighted by atomic mass is 10.1. The zero-order chi connectivity index (χ0) is 24.7. The number of halogens is 1. The molecule has 8 heteroatoms. The van der Waals surface area contributed by atoms with E-state index in [0.29, 0.717) is 35.2 Å². The number of nitrogens with two attached hydrogens (primary N) is 2. The van der Waals surface area contributed by atoms with E-state index in [1.54, 1.807) is 6.20 Å². The topological polar surface area (TPSA) is 112 Å². The summed E-state index contributed by atoms with van der Waals surface area (Å²) < 4.78 is 2.04. The summed E-state index contributed by atoms with van der Waals surface area (Å²) in [4.78, 5) is 22.0. The van der Waals surface area contributed by atoms with Crippen LogP contribution in [0.3, 0.4) is 0 Å². The minimum atomic E-state index is -0.197. The Morgan fingerprint density at radius 2 is 1.94 bits per heavy atom. The van der Waals surface area contributed by atoms with Gasteiger partial charge in [0.2, 0.25) is 0 Å². The molecule has 0 saturated heterocycles. The number of aromatic nitrogens is 3. The van der Waals surface area contributed by atoms with Crippen LogP contribution in [0.2, 0.25) is 5.02 Å². The van der Waals surface area contributed by atoms with Gasteiger partial charge in [-0.1, -0.05) is 23.7 Å². The summed E-state index contributed by atoms with van der Waals surface area (Å²) in [6.45, 7) is 4.76. The van der Waals surface area contributed by atoms with Crippen LogP contribution in [-0.4, -0.2) is 20.4 Å². The number of benzene rings is 2. The highest BCUT2D eigenvalue weighted by Crippen LogP contribution is 2.29. The van der Waals surface area contributed by atoms with Crippen molar-refractivity contribution in [3.05, 3.63) is 93.9 Å². The average Bonchev–Trinajstić information content (AvgIpc) is 3.17. The zero-order valence-corrected chi connectivity index (χ0v) is 20.2. The highest BCUT2D eigenvalue weighted by molar-refractivity contribution is 6.31. The largest absolute Gasteiger partial charge is 0.398 e. The predicted octanol–water partition coefficient (Wildman–Crippen LogP) is 5.00. The van der Waals surface area contributed by atoms with Crippen molar-refractivity contribution in [3.63, 3.8) is 0 Å². The number of nitrogens with zero attached hydrogens (tertiary/aromatic N) is 3. The quantitative estimate of drug-likeness (QED) is 0.304. The van der Waals surface area contributed by atoms with E-state index in [9.17, 15) is 4.79 Å². The van der Waals surface area contributed by atoms with Crippen LogP contribution in [0.25, 0.3) is 21.8 Å². The van der Waals surface area contributed by atoms with Gasteiger partial charge in [-0.25, -0.2) is 4.98 Å². The molecule has 7 nitrogen and oxygen atoms in total. The van der Waals surface area contributed by atoms with Crippen LogP contribution in [-0.2, 0) is 13.1 Å². The maximum absolute atomic E-state index is 13.3. The van der Waals surface area contributed by atoms with Gasteiger partial charge in [-0.3, -0.25) is 9.78 Å². The lowest BCUT2D eigenvalue weighted by molar-refractivity contribution is 0.0952. The van der Waals surface area contributed by atoms with Gasteiger partial charge < -0.3 is 21.4 Å². The lowest BCUT2D eigenvalue weighted by Crippen LogP contribution is -2.24. The maximum atomic E-state index is 13.3. The number of hydrogen-bond donors (Lipinski definition) is 3. The number of anilines is 2. The van der Waals surface area contributed by atoms with Crippen molar-refractivity contribution in [3.8, 4) is 0 Å². The molecule has 5 aromatic rings. The summed E-state index contributed by atoms with van der Waals surface area (Å²) in [7, 11) is 0. The number of nitrogens with one attached hydrogen (secondary N) is 1. The normalized spacial score (nSPS) is 11.3. The van der Waals surface area contributed by atoms with Crippen molar-refractivity contribution >= 4 is 50.8 Å². The highest BCUT2D eigenvalue weighted by atomic mass is 35.5. The third kappa shape index (κ3) is 4.38. The number of rotatable bonds is 5. The molecule has 0 bridgehead atoms. The molecule has 0 radical (unpaired) electrons. The number of nitrogen functional groups attached to an aromatic ring is 2. The van der Waals surface area contributed by atoms with Crippen molar-refractivity contribution < 1.29 is 4.79 Å². The molecule has 0 aliphatic rings. The van der Waals surface area contributed by atoms with Crippen molar-refractivity contribution in [2.45, 2.75) is 26.9 Å². The van der Waals surface area contributed by atoms with E-state index in [-0.39, 0.29) is 5.91 Å². The van der Waals surface area contributed by atoms with Gasteiger partial charge in [-0.05, 0) is 66.9 Å². The molecular weight excluding hydrogens is 460 g/mol. The zero-order valence-electron chi connectivity index (χ0n) is 19.5. The standard InChI is InChI=1S/C27H25ClN6O/c1-15-8-25(30)33-16(2)20(15)12-32-27(35)21-14-34(24-5-3-4-22(29)26(21)24)13-17-6-7-23-18(9-17)10-19(28)11-31-23/h3-11,14H,12-13,29H2,1-2H3,(H2,30,33)(H,32,35). The first-order valence-electron chi connectivity index (χ1n) is 11.2. The molecule has 5 N–H and O–H groups in total. The van der Waals surface area contributed by atoms with E-state index < -0.39 is 0 Å². The Hall–Kier alpha value is -4.10. The Kier molecular flexibility index (Phi) is 5.78.